The standard InChI is InChI=1S/C30H31NO5.C26H36N2O7/c1-2-35-22-13-11-20(12-14-22)21-15-17-30(18-16-21,28(32)33)31-29(34)36-19-27-25-9-5-3-7-23(25)24-8-4-6-10-26(24)27;1-8-33-19-11-9-17(10-12-19)18-13-15-26(16-14-18)20(29)27(22(31)34-24(2,3)4)21(30)28(26)23(32)35-25(5,6)7/h3-14,21,27H,2,15-19H2,1H3,(H,31,34)(H,32,33);9-12,18H,8,13-16H2,1-7H3. The fourth-order valence-corrected chi connectivity index (χ4v) is 10.2. The molecule has 1 aliphatic heterocycles. The van der Waals surface area contributed by atoms with Crippen molar-refractivity contribution in [2.24, 2.45) is 0 Å². The average Bonchev–Trinajstić information content (AvgIpc) is 3.75. The van der Waals surface area contributed by atoms with E-state index in [4.69, 9.17) is 23.7 Å². The molecule has 1 heterocycles. The zero-order valence-corrected chi connectivity index (χ0v) is 42.1. The highest BCUT2D eigenvalue weighted by Gasteiger charge is 2.64. The van der Waals surface area contributed by atoms with Crippen LogP contribution >= 0.6 is 0 Å². The van der Waals surface area contributed by atoms with Crippen LogP contribution in [0.15, 0.2) is 97.1 Å². The van der Waals surface area contributed by atoms with Gasteiger partial charge in [0.05, 0.1) is 13.2 Å². The number of carbonyl (C=O) groups excluding carboxylic acids is 5. The Hall–Kier alpha value is -6.90. The molecule has 0 unspecified atom stereocenters. The van der Waals surface area contributed by atoms with Crippen LogP contribution in [-0.4, -0.2) is 93.2 Å². The first-order valence-electron chi connectivity index (χ1n) is 24.7. The zero-order chi connectivity index (χ0) is 51.3. The third-order valence-electron chi connectivity index (χ3n) is 13.6. The van der Waals surface area contributed by atoms with Crippen molar-refractivity contribution in [1.29, 1.82) is 0 Å². The molecule has 2 saturated carbocycles. The van der Waals surface area contributed by atoms with Gasteiger partial charge in [0.1, 0.15) is 40.4 Å². The van der Waals surface area contributed by atoms with Gasteiger partial charge in [-0.05, 0) is 176 Å². The molecule has 3 aliphatic carbocycles. The molecule has 0 bridgehead atoms. The SMILES string of the molecule is CCOc1ccc(C2CCC(NC(=O)OCC3c4ccccc4-c4ccccc43)(C(=O)O)CC2)cc1.CCOc1ccc(C2CCC3(CC2)C(=O)N(C(=O)OC(C)(C)C)C(=O)N3C(=O)OC(C)(C)C)cc1. The number of imide groups is 4. The highest BCUT2D eigenvalue weighted by Crippen LogP contribution is 2.47. The second kappa shape index (κ2) is 21.2. The van der Waals surface area contributed by atoms with E-state index in [2.05, 4.69) is 29.6 Å². The molecular weight excluding hydrogens is 907 g/mol. The molecule has 3 fully saturated rings. The van der Waals surface area contributed by atoms with Crippen LogP contribution in [0.1, 0.15) is 147 Å². The number of nitrogens with one attached hydrogen (secondary N) is 1. The zero-order valence-electron chi connectivity index (χ0n) is 42.1. The molecule has 15 heteroatoms. The predicted molar refractivity (Wildman–Crippen MR) is 265 cm³/mol. The highest BCUT2D eigenvalue weighted by molar-refractivity contribution is 6.20. The number of hydrogen-bond donors (Lipinski definition) is 2. The Balaban J connectivity index is 0.000000209. The van der Waals surface area contributed by atoms with E-state index in [0.29, 0.717) is 56.6 Å². The summed E-state index contributed by atoms with van der Waals surface area (Å²) in [5.74, 6) is 0.166. The minimum absolute atomic E-state index is 0.0701. The number of aliphatic carboxylic acids is 1. The van der Waals surface area contributed by atoms with Crippen molar-refractivity contribution in [1.82, 2.24) is 15.1 Å². The fraction of sp³-hybridized carbons (Fsp3) is 0.464. The highest BCUT2D eigenvalue weighted by atomic mass is 16.6. The van der Waals surface area contributed by atoms with E-state index < -0.39 is 58.5 Å². The second-order valence-corrected chi connectivity index (χ2v) is 20.6. The number of fused-ring (bicyclic) bond motifs is 3. The van der Waals surface area contributed by atoms with Crippen molar-refractivity contribution in [2.75, 3.05) is 19.8 Å². The number of hydrogen-bond acceptors (Lipinski definition) is 11. The quantitative estimate of drug-likeness (QED) is 0.113. The van der Waals surface area contributed by atoms with Crippen molar-refractivity contribution in [3.8, 4) is 22.6 Å². The Labute approximate surface area is 416 Å². The van der Waals surface area contributed by atoms with E-state index in [1.165, 1.54) is 5.56 Å². The van der Waals surface area contributed by atoms with Gasteiger partial charge in [-0.2, -0.15) is 4.90 Å². The number of amides is 6. The molecule has 4 aromatic rings. The predicted octanol–water partition coefficient (Wildman–Crippen LogP) is 11.7. The van der Waals surface area contributed by atoms with Crippen LogP contribution in [0.4, 0.5) is 19.2 Å². The number of carboxylic acid groups (broad SMARTS) is 1. The molecule has 6 amide bonds. The first-order valence-corrected chi connectivity index (χ1v) is 24.7. The van der Waals surface area contributed by atoms with Gasteiger partial charge in [0.15, 0.2) is 0 Å². The number of ether oxygens (including phenoxy) is 5. The molecule has 0 aromatic heterocycles. The van der Waals surface area contributed by atoms with Crippen LogP contribution in [0.25, 0.3) is 11.1 Å². The molecule has 1 spiro atoms. The summed E-state index contributed by atoms with van der Waals surface area (Å²) in [6.45, 7) is 15.2. The molecule has 8 rings (SSSR count). The van der Waals surface area contributed by atoms with E-state index in [9.17, 15) is 33.9 Å². The fourth-order valence-electron chi connectivity index (χ4n) is 10.2. The van der Waals surface area contributed by atoms with Gasteiger partial charge in [-0.3, -0.25) is 4.79 Å². The second-order valence-electron chi connectivity index (χ2n) is 20.6. The summed E-state index contributed by atoms with van der Waals surface area (Å²) in [5, 5.41) is 12.8. The summed E-state index contributed by atoms with van der Waals surface area (Å²) in [6, 6.07) is 31.0. The molecule has 0 radical (unpaired) electrons. The number of alkyl carbamates (subject to hydrolysis) is 1. The minimum atomic E-state index is -1.49. The lowest BCUT2D eigenvalue weighted by Gasteiger charge is -2.40. The first-order chi connectivity index (χ1) is 33.7. The summed E-state index contributed by atoms with van der Waals surface area (Å²) in [4.78, 5) is 79.2. The van der Waals surface area contributed by atoms with Crippen molar-refractivity contribution in [3.63, 3.8) is 0 Å². The van der Waals surface area contributed by atoms with Crippen LogP contribution < -0.4 is 14.8 Å². The van der Waals surface area contributed by atoms with Crippen LogP contribution in [0.3, 0.4) is 0 Å². The number of rotatable bonds is 10. The van der Waals surface area contributed by atoms with Crippen LogP contribution in [0, 0.1) is 0 Å². The molecule has 2 N–H and O–H groups in total. The van der Waals surface area contributed by atoms with Gasteiger partial charge in [-0.25, -0.2) is 28.9 Å². The van der Waals surface area contributed by atoms with Crippen molar-refractivity contribution in [3.05, 3.63) is 119 Å². The van der Waals surface area contributed by atoms with Gasteiger partial charge in [0.2, 0.25) is 0 Å². The maximum atomic E-state index is 13.6. The Kier molecular flexibility index (Phi) is 15.5. The molecule has 71 heavy (non-hydrogen) atoms. The minimum Gasteiger partial charge on any atom is -0.494 e. The number of benzene rings is 4. The van der Waals surface area contributed by atoms with Gasteiger partial charge in [-0.15, -0.1) is 0 Å². The van der Waals surface area contributed by atoms with E-state index in [1.807, 2.05) is 86.6 Å². The number of nitrogens with zero attached hydrogens (tertiary/aromatic N) is 2. The number of carbonyl (C=O) groups is 6. The van der Waals surface area contributed by atoms with E-state index in [0.717, 1.165) is 44.2 Å². The Morgan fingerprint density at radius 2 is 1.07 bits per heavy atom. The summed E-state index contributed by atoms with van der Waals surface area (Å²) in [6.07, 6.45) is 0.861. The lowest BCUT2D eigenvalue weighted by atomic mass is 9.73. The lowest BCUT2D eigenvalue weighted by molar-refractivity contribution is -0.146. The summed E-state index contributed by atoms with van der Waals surface area (Å²) in [7, 11) is 0. The Morgan fingerprint density at radius 3 is 1.51 bits per heavy atom. The number of carboxylic acids is 1. The van der Waals surface area contributed by atoms with E-state index >= 15 is 0 Å². The molecule has 1 saturated heterocycles. The molecule has 4 aromatic carbocycles. The van der Waals surface area contributed by atoms with Gasteiger partial charge < -0.3 is 34.1 Å². The monoisotopic (exact) mass is 973 g/mol. The van der Waals surface area contributed by atoms with Gasteiger partial charge >= 0.3 is 30.3 Å². The number of urea groups is 1. The van der Waals surface area contributed by atoms with Gasteiger partial charge in [0, 0.05) is 5.92 Å². The maximum Gasteiger partial charge on any atom is 0.425 e. The smallest absolute Gasteiger partial charge is 0.425 e. The van der Waals surface area contributed by atoms with Crippen LogP contribution in [0.2, 0.25) is 0 Å². The summed E-state index contributed by atoms with van der Waals surface area (Å²) in [5.41, 5.74) is 2.18. The van der Waals surface area contributed by atoms with Crippen LogP contribution in [-0.2, 0) is 23.8 Å². The van der Waals surface area contributed by atoms with Crippen LogP contribution in [0.5, 0.6) is 11.5 Å². The van der Waals surface area contributed by atoms with E-state index in [-0.39, 0.29) is 37.2 Å². The summed E-state index contributed by atoms with van der Waals surface area (Å²) < 4.78 is 27.4. The third kappa shape index (κ3) is 11.5. The third-order valence-corrected chi connectivity index (χ3v) is 13.6. The molecule has 378 valence electrons. The lowest BCUT2D eigenvalue weighted by Crippen LogP contribution is -2.56. The van der Waals surface area contributed by atoms with E-state index in [1.54, 1.807) is 41.5 Å². The van der Waals surface area contributed by atoms with Crippen molar-refractivity contribution >= 4 is 36.2 Å². The topological polar surface area (TPSA) is 187 Å². The molecule has 4 aliphatic rings. The molecule has 15 nitrogen and oxygen atoms in total. The Morgan fingerprint density at radius 1 is 0.634 bits per heavy atom. The first kappa shape index (κ1) is 51.9. The van der Waals surface area contributed by atoms with Gasteiger partial charge in [-0.1, -0.05) is 72.8 Å². The van der Waals surface area contributed by atoms with Gasteiger partial charge in [0.25, 0.3) is 5.91 Å². The largest absolute Gasteiger partial charge is 0.494 e. The normalized spacial score (nSPS) is 21.9. The molecular formula is C56H67N3O12. The van der Waals surface area contributed by atoms with Crippen molar-refractivity contribution < 1.29 is 57.6 Å². The Bertz CT molecular complexity index is 2540. The maximum absolute atomic E-state index is 13.6. The summed E-state index contributed by atoms with van der Waals surface area (Å²) >= 11 is 0. The van der Waals surface area contributed by atoms with Crippen molar-refractivity contribution in [2.45, 2.75) is 147 Å². The average molecular weight is 974 g/mol. The molecule has 0 atom stereocenters.